The highest BCUT2D eigenvalue weighted by atomic mass is 16.7. The van der Waals surface area contributed by atoms with Gasteiger partial charge < -0.3 is 23.7 Å². The van der Waals surface area contributed by atoms with Gasteiger partial charge in [-0.15, -0.1) is 0 Å². The normalized spacial score (nSPS) is 13.3. The molecule has 1 aromatic carbocycles. The van der Waals surface area contributed by atoms with E-state index in [1.165, 1.54) is 37.7 Å². The summed E-state index contributed by atoms with van der Waals surface area (Å²) in [7, 11) is 0. The fraction of sp³-hybridized carbons (Fsp3) is 0.643. The average molecular weight is 697 g/mol. The zero-order valence-corrected chi connectivity index (χ0v) is 32.0. The Kier molecular flexibility index (Phi) is 19.0. The highest BCUT2D eigenvalue weighted by Gasteiger charge is 2.25. The Hall–Kier alpha value is -3.55. The van der Waals surface area contributed by atoms with E-state index in [4.69, 9.17) is 23.7 Å². The van der Waals surface area contributed by atoms with Crippen molar-refractivity contribution >= 4 is 18.1 Å². The smallest absolute Gasteiger partial charge is 0.494 e. The van der Waals surface area contributed by atoms with Crippen molar-refractivity contribution in [1.29, 1.82) is 0 Å². The van der Waals surface area contributed by atoms with Crippen LogP contribution in [0.2, 0.25) is 0 Å². The van der Waals surface area contributed by atoms with Gasteiger partial charge in [-0.25, -0.2) is 14.4 Å². The second-order valence-corrected chi connectivity index (χ2v) is 14.9. The number of benzene rings is 1. The van der Waals surface area contributed by atoms with Gasteiger partial charge >= 0.3 is 18.1 Å². The Labute approximate surface area is 302 Å². The van der Waals surface area contributed by atoms with Gasteiger partial charge in [-0.05, 0) is 122 Å². The Balaban J connectivity index is 1.59. The van der Waals surface area contributed by atoms with Crippen molar-refractivity contribution in [2.75, 3.05) is 13.2 Å². The zero-order chi connectivity index (χ0) is 37.0. The summed E-state index contributed by atoms with van der Waals surface area (Å²) in [5, 5.41) is 0. The molecule has 1 aliphatic carbocycles. The average Bonchev–Trinajstić information content (AvgIpc) is 3.06. The molecular weight excluding hydrogens is 632 g/mol. The monoisotopic (exact) mass is 696 g/mol. The maximum absolute atomic E-state index is 12.7. The molecule has 280 valence electrons. The summed E-state index contributed by atoms with van der Waals surface area (Å²) < 4.78 is 27.8. The van der Waals surface area contributed by atoms with Crippen molar-refractivity contribution in [2.45, 2.75) is 156 Å². The predicted molar refractivity (Wildman–Crippen MR) is 199 cm³/mol. The summed E-state index contributed by atoms with van der Waals surface area (Å²) in [6.07, 6.45) is 18.2. The van der Waals surface area contributed by atoms with E-state index in [0.717, 1.165) is 68.8 Å². The fourth-order valence-corrected chi connectivity index (χ4v) is 6.00. The minimum Gasteiger partial charge on any atom is -0.494 e. The summed E-state index contributed by atoms with van der Waals surface area (Å²) >= 11 is 0. The maximum Gasteiger partial charge on any atom is 0.508 e. The van der Waals surface area contributed by atoms with Crippen LogP contribution in [0.3, 0.4) is 0 Å². The standard InChI is InChI=1S/C42H64O8/c1-9-16-33(17-10-2)18-19-34-20-24-37(25-21-34)48-39(44)35-22-26-36(27-23-35)46-30-14-12-11-13-28-42(7,8)50-40(45)47-31-15-29-41(5,6)49-38(43)32(3)4/h20,22-24,26-27,33H,3,9-19,21,25,28-31H2,1-2,4-8H3. The van der Waals surface area contributed by atoms with Gasteiger partial charge in [0.15, 0.2) is 0 Å². The molecule has 0 unspecified atom stereocenters. The minimum atomic E-state index is -0.690. The molecule has 0 amide bonds. The first-order valence-corrected chi connectivity index (χ1v) is 18.8. The van der Waals surface area contributed by atoms with Crippen molar-refractivity contribution in [1.82, 2.24) is 0 Å². The molecule has 1 aliphatic rings. The van der Waals surface area contributed by atoms with Gasteiger partial charge in [0.25, 0.3) is 0 Å². The van der Waals surface area contributed by atoms with Crippen LogP contribution in [0.25, 0.3) is 0 Å². The molecule has 0 N–H and O–H groups in total. The van der Waals surface area contributed by atoms with Crippen molar-refractivity contribution in [3.05, 3.63) is 65.5 Å². The van der Waals surface area contributed by atoms with E-state index in [0.29, 0.717) is 30.6 Å². The quantitative estimate of drug-likeness (QED) is 0.0456. The number of ether oxygens (including phenoxy) is 5. The summed E-state index contributed by atoms with van der Waals surface area (Å²) in [6, 6.07) is 7.12. The molecule has 0 aromatic heterocycles. The molecule has 0 radical (unpaired) electrons. The minimum absolute atomic E-state index is 0.186. The van der Waals surface area contributed by atoms with Gasteiger partial charge in [0, 0.05) is 12.0 Å². The second-order valence-electron chi connectivity index (χ2n) is 14.9. The van der Waals surface area contributed by atoms with Crippen LogP contribution in [0, 0.1) is 5.92 Å². The largest absolute Gasteiger partial charge is 0.508 e. The van der Waals surface area contributed by atoms with Gasteiger partial charge in [-0.1, -0.05) is 70.6 Å². The number of hydrogen-bond acceptors (Lipinski definition) is 8. The van der Waals surface area contributed by atoms with Gasteiger partial charge in [0.05, 0.1) is 18.8 Å². The van der Waals surface area contributed by atoms with Crippen molar-refractivity contribution in [3.8, 4) is 5.75 Å². The van der Waals surface area contributed by atoms with Gasteiger partial charge in [-0.3, -0.25) is 0 Å². The van der Waals surface area contributed by atoms with E-state index in [2.05, 4.69) is 26.5 Å². The van der Waals surface area contributed by atoms with E-state index in [9.17, 15) is 14.4 Å². The van der Waals surface area contributed by atoms with E-state index in [1.807, 2.05) is 45.9 Å². The van der Waals surface area contributed by atoms with Crippen LogP contribution in [0.4, 0.5) is 4.79 Å². The summed E-state index contributed by atoms with van der Waals surface area (Å²) in [6.45, 7) is 17.9. The van der Waals surface area contributed by atoms with Crippen LogP contribution >= 0.6 is 0 Å². The lowest BCUT2D eigenvalue weighted by Gasteiger charge is -2.26. The molecule has 50 heavy (non-hydrogen) atoms. The van der Waals surface area contributed by atoms with Crippen LogP contribution < -0.4 is 4.74 Å². The molecule has 1 aromatic rings. The molecule has 0 aliphatic heterocycles. The molecule has 0 bridgehead atoms. The molecule has 0 saturated carbocycles. The number of rotatable bonds is 24. The van der Waals surface area contributed by atoms with E-state index in [1.54, 1.807) is 19.1 Å². The number of unbranched alkanes of at least 4 members (excludes halogenated alkanes) is 3. The SMILES string of the molecule is C=C(C)C(=O)OC(C)(C)CCCOC(=O)OC(C)(C)CCCCCCOc1ccc(C(=O)OC2=CC=C(CCC(CCC)CCC)CC2)cc1. The van der Waals surface area contributed by atoms with Crippen LogP contribution in [0.15, 0.2) is 59.9 Å². The number of esters is 2. The van der Waals surface area contributed by atoms with Crippen molar-refractivity contribution in [2.24, 2.45) is 5.92 Å². The maximum atomic E-state index is 12.7. The molecule has 2 rings (SSSR count). The zero-order valence-electron chi connectivity index (χ0n) is 32.0. The first kappa shape index (κ1) is 42.6. The molecule has 0 spiro atoms. The predicted octanol–water partition coefficient (Wildman–Crippen LogP) is 11.4. The lowest BCUT2D eigenvalue weighted by Crippen LogP contribution is -2.30. The summed E-state index contributed by atoms with van der Waals surface area (Å²) in [5.74, 6) is 1.50. The Morgan fingerprint density at radius 1 is 0.780 bits per heavy atom. The van der Waals surface area contributed by atoms with Gasteiger partial charge in [0.1, 0.15) is 22.7 Å². The van der Waals surface area contributed by atoms with Crippen LogP contribution in [0.1, 0.15) is 155 Å². The van der Waals surface area contributed by atoms with E-state index in [-0.39, 0.29) is 12.6 Å². The lowest BCUT2D eigenvalue weighted by molar-refractivity contribution is -0.152. The molecular formula is C42H64O8. The van der Waals surface area contributed by atoms with Crippen molar-refractivity contribution in [3.63, 3.8) is 0 Å². The first-order valence-electron chi connectivity index (χ1n) is 18.8. The highest BCUT2D eigenvalue weighted by molar-refractivity contribution is 5.90. The fourth-order valence-electron chi connectivity index (χ4n) is 6.00. The van der Waals surface area contributed by atoms with Gasteiger partial charge in [-0.2, -0.15) is 0 Å². The number of carbonyl (C=O) groups excluding carboxylic acids is 3. The molecule has 0 fully saturated rings. The van der Waals surface area contributed by atoms with Crippen LogP contribution in [-0.4, -0.2) is 42.5 Å². The summed E-state index contributed by atoms with van der Waals surface area (Å²) in [5.41, 5.74) is 1.01. The summed E-state index contributed by atoms with van der Waals surface area (Å²) in [4.78, 5) is 36.7. The topological polar surface area (TPSA) is 97.4 Å². The third-order valence-corrected chi connectivity index (χ3v) is 8.94. The molecule has 8 nitrogen and oxygen atoms in total. The van der Waals surface area contributed by atoms with Crippen LogP contribution in [-0.2, 0) is 23.7 Å². The van der Waals surface area contributed by atoms with E-state index < -0.39 is 23.3 Å². The lowest BCUT2D eigenvalue weighted by atomic mass is 9.89. The highest BCUT2D eigenvalue weighted by Crippen LogP contribution is 2.28. The van der Waals surface area contributed by atoms with Crippen LogP contribution in [0.5, 0.6) is 5.75 Å². The molecule has 0 saturated heterocycles. The number of allylic oxidation sites excluding steroid dienone is 4. The number of hydrogen-bond donors (Lipinski definition) is 0. The first-order chi connectivity index (χ1) is 23.7. The van der Waals surface area contributed by atoms with E-state index >= 15 is 0 Å². The van der Waals surface area contributed by atoms with Crippen molar-refractivity contribution < 1.29 is 38.1 Å². The third-order valence-electron chi connectivity index (χ3n) is 8.94. The molecule has 0 heterocycles. The Morgan fingerprint density at radius 3 is 2.04 bits per heavy atom. The second kappa shape index (κ2) is 22.3. The Bertz CT molecular complexity index is 1260. The Morgan fingerprint density at radius 2 is 1.42 bits per heavy atom. The molecule has 0 atom stereocenters. The van der Waals surface area contributed by atoms with Gasteiger partial charge in [0.2, 0.25) is 0 Å². The third kappa shape index (κ3) is 17.9. The number of carbonyl (C=O) groups is 3. The molecule has 8 heteroatoms.